The molecule has 3 aromatic heterocycles. The fraction of sp³-hybridized carbons (Fsp3) is 0.0909. The molecule has 3 heterocycles. The molecule has 28 heavy (non-hydrogen) atoms. The average molecular weight is 390 g/mol. The lowest BCUT2D eigenvalue weighted by molar-refractivity contribution is 0.0698. The van der Waals surface area contributed by atoms with E-state index in [0.29, 0.717) is 27.3 Å². The number of aryl methyl sites for hydroxylation is 1. The van der Waals surface area contributed by atoms with Crippen LogP contribution in [0.3, 0.4) is 0 Å². The predicted molar refractivity (Wildman–Crippen MR) is 110 cm³/mol. The number of carboxylic acid groups (broad SMARTS) is 1. The summed E-state index contributed by atoms with van der Waals surface area (Å²) in [6.45, 7) is 3.67. The van der Waals surface area contributed by atoms with E-state index in [9.17, 15) is 9.90 Å². The maximum atomic E-state index is 11.9. The van der Waals surface area contributed by atoms with Gasteiger partial charge in [0, 0.05) is 28.4 Å². The van der Waals surface area contributed by atoms with Crippen LogP contribution in [0.15, 0.2) is 54.9 Å². The summed E-state index contributed by atoms with van der Waals surface area (Å²) in [4.78, 5) is 24.9. The molecule has 0 saturated heterocycles. The zero-order chi connectivity index (χ0) is 19.8. The largest absolute Gasteiger partial charge is 0.478 e. The van der Waals surface area contributed by atoms with Crippen molar-refractivity contribution in [3.63, 3.8) is 0 Å². The molecule has 0 aliphatic rings. The van der Waals surface area contributed by atoms with Crippen molar-refractivity contribution in [3.05, 3.63) is 76.8 Å². The van der Waals surface area contributed by atoms with Crippen molar-refractivity contribution in [2.45, 2.75) is 13.8 Å². The first-order valence-electron chi connectivity index (χ1n) is 8.67. The quantitative estimate of drug-likeness (QED) is 0.479. The number of carbonyl (C=O) groups is 1. The SMILES string of the molecule is Cc1ccc(-c2ccc(-c3nc4cnccc4c(C(=O)O)c3C)cc2)c(Cl)n1. The van der Waals surface area contributed by atoms with E-state index in [1.54, 1.807) is 25.4 Å². The molecule has 0 fully saturated rings. The lowest BCUT2D eigenvalue weighted by atomic mass is 9.97. The maximum absolute atomic E-state index is 11.9. The highest BCUT2D eigenvalue weighted by Crippen LogP contribution is 2.32. The normalized spacial score (nSPS) is 11.0. The van der Waals surface area contributed by atoms with E-state index in [0.717, 1.165) is 22.4 Å². The Bertz CT molecular complexity index is 1220. The van der Waals surface area contributed by atoms with Gasteiger partial charge in [0.1, 0.15) is 5.15 Å². The number of aromatic carboxylic acids is 1. The number of carboxylic acids is 1. The number of nitrogens with zero attached hydrogens (tertiary/aromatic N) is 3. The zero-order valence-corrected chi connectivity index (χ0v) is 16.0. The molecular weight excluding hydrogens is 374 g/mol. The molecule has 1 aromatic carbocycles. The fourth-order valence-electron chi connectivity index (χ4n) is 3.32. The van der Waals surface area contributed by atoms with Gasteiger partial charge in [0.05, 0.1) is 23.0 Å². The van der Waals surface area contributed by atoms with Crippen LogP contribution in [0.25, 0.3) is 33.3 Å². The summed E-state index contributed by atoms with van der Waals surface area (Å²) in [5, 5.41) is 10.7. The third-order valence-corrected chi connectivity index (χ3v) is 4.99. The molecule has 0 spiro atoms. The Morgan fingerprint density at radius 2 is 1.68 bits per heavy atom. The van der Waals surface area contributed by atoms with Crippen molar-refractivity contribution in [1.29, 1.82) is 0 Å². The van der Waals surface area contributed by atoms with Gasteiger partial charge in [0.15, 0.2) is 0 Å². The summed E-state index contributed by atoms with van der Waals surface area (Å²) >= 11 is 6.27. The van der Waals surface area contributed by atoms with Gasteiger partial charge in [0.2, 0.25) is 0 Å². The summed E-state index contributed by atoms with van der Waals surface area (Å²) < 4.78 is 0. The molecule has 0 radical (unpaired) electrons. The van der Waals surface area contributed by atoms with Crippen LogP contribution in [-0.2, 0) is 0 Å². The van der Waals surface area contributed by atoms with E-state index in [1.807, 2.05) is 43.3 Å². The van der Waals surface area contributed by atoms with Crippen LogP contribution in [0.4, 0.5) is 0 Å². The first-order chi connectivity index (χ1) is 13.5. The molecule has 0 aliphatic carbocycles. The molecule has 138 valence electrons. The van der Waals surface area contributed by atoms with Crippen molar-refractivity contribution in [3.8, 4) is 22.4 Å². The van der Waals surface area contributed by atoms with Crippen LogP contribution in [0.1, 0.15) is 21.6 Å². The Kier molecular flexibility index (Phi) is 4.53. The lowest BCUT2D eigenvalue weighted by Crippen LogP contribution is -2.05. The lowest BCUT2D eigenvalue weighted by Gasteiger charge is -2.12. The second-order valence-corrected chi connectivity index (χ2v) is 6.88. The third kappa shape index (κ3) is 3.10. The first kappa shape index (κ1) is 18.1. The van der Waals surface area contributed by atoms with Crippen molar-refractivity contribution in [2.24, 2.45) is 0 Å². The molecule has 4 aromatic rings. The number of pyridine rings is 3. The van der Waals surface area contributed by atoms with E-state index >= 15 is 0 Å². The van der Waals surface area contributed by atoms with Gasteiger partial charge >= 0.3 is 5.97 Å². The minimum absolute atomic E-state index is 0.247. The Labute approximate surface area is 166 Å². The van der Waals surface area contributed by atoms with Gasteiger partial charge in [0.25, 0.3) is 0 Å². The first-order valence-corrected chi connectivity index (χ1v) is 9.05. The molecule has 4 rings (SSSR count). The Hall–Kier alpha value is -3.31. The van der Waals surface area contributed by atoms with E-state index in [2.05, 4.69) is 15.0 Å². The summed E-state index contributed by atoms with van der Waals surface area (Å²) in [6, 6.07) is 13.2. The van der Waals surface area contributed by atoms with Crippen molar-refractivity contribution in [1.82, 2.24) is 15.0 Å². The second-order valence-electron chi connectivity index (χ2n) is 6.53. The monoisotopic (exact) mass is 389 g/mol. The molecule has 0 saturated carbocycles. The van der Waals surface area contributed by atoms with Crippen LogP contribution in [0, 0.1) is 13.8 Å². The third-order valence-electron chi connectivity index (χ3n) is 4.70. The summed E-state index contributed by atoms with van der Waals surface area (Å²) in [6.07, 6.45) is 3.15. The van der Waals surface area contributed by atoms with Crippen LogP contribution in [0.2, 0.25) is 5.15 Å². The molecule has 6 heteroatoms. The van der Waals surface area contributed by atoms with Crippen molar-refractivity contribution >= 4 is 28.5 Å². The number of aromatic nitrogens is 3. The number of fused-ring (bicyclic) bond motifs is 1. The Balaban J connectivity index is 1.85. The number of benzene rings is 1. The molecule has 0 atom stereocenters. The average Bonchev–Trinajstić information content (AvgIpc) is 2.67. The van der Waals surface area contributed by atoms with Gasteiger partial charge in [-0.05, 0) is 43.2 Å². The molecule has 0 aliphatic heterocycles. The zero-order valence-electron chi connectivity index (χ0n) is 15.3. The smallest absolute Gasteiger partial charge is 0.336 e. The minimum atomic E-state index is -0.980. The molecule has 0 amide bonds. The molecule has 5 nitrogen and oxygen atoms in total. The summed E-state index contributed by atoms with van der Waals surface area (Å²) in [5.74, 6) is -0.980. The summed E-state index contributed by atoms with van der Waals surface area (Å²) in [5.41, 5.74) is 5.50. The van der Waals surface area contributed by atoms with E-state index in [4.69, 9.17) is 11.6 Å². The van der Waals surface area contributed by atoms with Crippen LogP contribution in [0.5, 0.6) is 0 Å². The topological polar surface area (TPSA) is 76.0 Å². The highest BCUT2D eigenvalue weighted by molar-refractivity contribution is 6.32. The van der Waals surface area contributed by atoms with Crippen LogP contribution in [-0.4, -0.2) is 26.0 Å². The highest BCUT2D eigenvalue weighted by atomic mass is 35.5. The fourth-order valence-corrected chi connectivity index (χ4v) is 3.62. The van der Waals surface area contributed by atoms with E-state index in [1.165, 1.54) is 0 Å². The summed E-state index contributed by atoms with van der Waals surface area (Å²) in [7, 11) is 0. The van der Waals surface area contributed by atoms with Crippen LogP contribution < -0.4 is 0 Å². The van der Waals surface area contributed by atoms with Gasteiger partial charge in [-0.3, -0.25) is 4.98 Å². The number of hydrogen-bond acceptors (Lipinski definition) is 4. The van der Waals surface area contributed by atoms with Gasteiger partial charge in [-0.15, -0.1) is 0 Å². The second kappa shape index (κ2) is 7.02. The van der Waals surface area contributed by atoms with Gasteiger partial charge in [-0.2, -0.15) is 0 Å². The van der Waals surface area contributed by atoms with E-state index in [-0.39, 0.29) is 5.56 Å². The standard InChI is InChI=1S/C22H16ClN3O2/c1-12-3-8-16(21(23)25-12)14-4-6-15(7-5-14)20-13(2)19(22(27)28)17-9-10-24-11-18(17)26-20/h3-11H,1-2H3,(H,27,28). The minimum Gasteiger partial charge on any atom is -0.478 e. The van der Waals surface area contributed by atoms with Crippen molar-refractivity contribution < 1.29 is 9.90 Å². The van der Waals surface area contributed by atoms with E-state index < -0.39 is 5.97 Å². The predicted octanol–water partition coefficient (Wildman–Crippen LogP) is 5.33. The Morgan fingerprint density at radius 1 is 0.964 bits per heavy atom. The molecule has 1 N–H and O–H groups in total. The number of hydrogen-bond donors (Lipinski definition) is 1. The number of rotatable bonds is 3. The molecular formula is C22H16ClN3O2. The van der Waals surface area contributed by atoms with Crippen molar-refractivity contribution in [2.75, 3.05) is 0 Å². The van der Waals surface area contributed by atoms with Crippen LogP contribution >= 0.6 is 11.6 Å². The van der Waals surface area contributed by atoms with Gasteiger partial charge in [-0.25, -0.2) is 14.8 Å². The molecule has 0 bridgehead atoms. The number of halogens is 1. The molecule has 0 unspecified atom stereocenters. The van der Waals surface area contributed by atoms with Gasteiger partial charge < -0.3 is 5.11 Å². The Morgan fingerprint density at radius 3 is 2.36 bits per heavy atom. The highest BCUT2D eigenvalue weighted by Gasteiger charge is 2.18. The maximum Gasteiger partial charge on any atom is 0.336 e. The van der Waals surface area contributed by atoms with Gasteiger partial charge in [-0.1, -0.05) is 35.9 Å².